The zero-order valence-corrected chi connectivity index (χ0v) is 9.27. The lowest BCUT2D eigenvalue weighted by Gasteiger charge is -2.25. The van der Waals surface area contributed by atoms with Crippen LogP contribution in [-0.4, -0.2) is 19.8 Å². The summed E-state index contributed by atoms with van der Waals surface area (Å²) in [5.41, 5.74) is 1.14. The van der Waals surface area contributed by atoms with Crippen molar-refractivity contribution < 1.29 is 9.13 Å². The van der Waals surface area contributed by atoms with Gasteiger partial charge in [-0.25, -0.2) is 4.39 Å². The summed E-state index contributed by atoms with van der Waals surface area (Å²) in [7, 11) is 0. The monoisotopic (exact) mass is 229 g/mol. The Labute approximate surface area is 93.4 Å². The summed E-state index contributed by atoms with van der Waals surface area (Å²) in [4.78, 5) is 0. The van der Waals surface area contributed by atoms with Crippen molar-refractivity contribution in [3.8, 4) is 0 Å². The average molecular weight is 230 g/mol. The topological polar surface area (TPSA) is 21.3 Å². The van der Waals surface area contributed by atoms with Gasteiger partial charge in [-0.1, -0.05) is 17.7 Å². The molecule has 1 aliphatic rings. The molecule has 2 rings (SSSR count). The second-order valence-corrected chi connectivity index (χ2v) is 4.08. The van der Waals surface area contributed by atoms with Crippen LogP contribution in [0.1, 0.15) is 17.2 Å². The van der Waals surface area contributed by atoms with E-state index in [0.29, 0.717) is 29.4 Å². The molecule has 0 spiro atoms. The second-order valence-electron chi connectivity index (χ2n) is 3.67. The first-order chi connectivity index (χ1) is 7.20. The molecule has 1 aliphatic heterocycles. The molecule has 1 atom stereocenters. The molecule has 1 aromatic carbocycles. The fourth-order valence-corrected chi connectivity index (χ4v) is 2.03. The number of benzene rings is 1. The zero-order valence-electron chi connectivity index (χ0n) is 8.52. The van der Waals surface area contributed by atoms with E-state index in [1.54, 1.807) is 19.1 Å². The van der Waals surface area contributed by atoms with Crippen molar-refractivity contribution in [3.05, 3.63) is 34.1 Å². The van der Waals surface area contributed by atoms with Crippen LogP contribution in [0.4, 0.5) is 4.39 Å². The van der Waals surface area contributed by atoms with Crippen molar-refractivity contribution in [2.24, 2.45) is 0 Å². The van der Waals surface area contributed by atoms with E-state index in [4.69, 9.17) is 16.3 Å². The van der Waals surface area contributed by atoms with E-state index in [-0.39, 0.29) is 11.9 Å². The van der Waals surface area contributed by atoms with Gasteiger partial charge in [0.2, 0.25) is 0 Å². The molecular weight excluding hydrogens is 217 g/mol. The van der Waals surface area contributed by atoms with E-state index < -0.39 is 0 Å². The highest BCUT2D eigenvalue weighted by Gasteiger charge is 2.22. The largest absolute Gasteiger partial charge is 0.378 e. The van der Waals surface area contributed by atoms with Crippen molar-refractivity contribution >= 4 is 11.6 Å². The smallest absolute Gasteiger partial charge is 0.132 e. The summed E-state index contributed by atoms with van der Waals surface area (Å²) in [6.07, 6.45) is 0. The molecule has 0 amide bonds. The third-order valence-electron chi connectivity index (χ3n) is 2.59. The molecule has 0 radical (unpaired) electrons. The molecule has 1 fully saturated rings. The van der Waals surface area contributed by atoms with Gasteiger partial charge < -0.3 is 10.1 Å². The lowest BCUT2D eigenvalue weighted by Crippen LogP contribution is -2.35. The summed E-state index contributed by atoms with van der Waals surface area (Å²) < 4.78 is 19.2. The third kappa shape index (κ3) is 2.14. The van der Waals surface area contributed by atoms with E-state index >= 15 is 0 Å². The van der Waals surface area contributed by atoms with Gasteiger partial charge in [-0.05, 0) is 18.6 Å². The predicted molar refractivity (Wildman–Crippen MR) is 57.7 cm³/mol. The highest BCUT2D eigenvalue weighted by molar-refractivity contribution is 6.31. The molecule has 4 heteroatoms. The number of halogens is 2. The van der Waals surface area contributed by atoms with E-state index in [9.17, 15) is 4.39 Å². The van der Waals surface area contributed by atoms with Gasteiger partial charge in [-0.15, -0.1) is 0 Å². The molecular formula is C11H13ClFNO. The van der Waals surface area contributed by atoms with E-state index in [0.717, 1.165) is 6.54 Å². The molecule has 0 aromatic heterocycles. The fraction of sp³-hybridized carbons (Fsp3) is 0.455. The standard InChI is InChI=1S/C11H13ClFNO/c1-7-2-3-8(12)10(11(7)13)9-6-15-5-4-14-9/h2-3,9,14H,4-6H2,1H3/t9-/m1/s1. The Morgan fingerprint density at radius 1 is 1.53 bits per heavy atom. The van der Waals surface area contributed by atoms with Crippen LogP contribution in [0.15, 0.2) is 12.1 Å². The van der Waals surface area contributed by atoms with Crippen LogP contribution in [0.2, 0.25) is 5.02 Å². The number of hydrogen-bond acceptors (Lipinski definition) is 2. The molecule has 0 bridgehead atoms. The van der Waals surface area contributed by atoms with Gasteiger partial charge in [-0.3, -0.25) is 0 Å². The summed E-state index contributed by atoms with van der Waals surface area (Å²) in [6, 6.07) is 3.28. The maximum absolute atomic E-state index is 13.9. The normalized spacial score (nSPS) is 21.7. The van der Waals surface area contributed by atoms with Crippen LogP contribution in [0.25, 0.3) is 0 Å². The number of hydrogen-bond donors (Lipinski definition) is 1. The summed E-state index contributed by atoms with van der Waals surface area (Å²) in [6.45, 7) is 3.61. The van der Waals surface area contributed by atoms with Crippen LogP contribution in [-0.2, 0) is 4.74 Å². The summed E-state index contributed by atoms with van der Waals surface area (Å²) in [5.74, 6) is -0.231. The number of morpholine rings is 1. The van der Waals surface area contributed by atoms with Crippen molar-refractivity contribution in [2.45, 2.75) is 13.0 Å². The Hall–Kier alpha value is -0.640. The average Bonchev–Trinajstić information content (AvgIpc) is 2.26. The van der Waals surface area contributed by atoms with Gasteiger partial charge in [-0.2, -0.15) is 0 Å². The molecule has 0 saturated carbocycles. The van der Waals surface area contributed by atoms with Crippen molar-refractivity contribution in [1.29, 1.82) is 0 Å². The van der Waals surface area contributed by atoms with Gasteiger partial charge in [0.25, 0.3) is 0 Å². The van der Waals surface area contributed by atoms with Crippen LogP contribution in [0.5, 0.6) is 0 Å². The molecule has 1 aromatic rings. The third-order valence-corrected chi connectivity index (χ3v) is 2.92. The quantitative estimate of drug-likeness (QED) is 0.799. The Morgan fingerprint density at radius 2 is 2.33 bits per heavy atom. The Kier molecular flexibility index (Phi) is 3.24. The number of rotatable bonds is 1. The zero-order chi connectivity index (χ0) is 10.8. The lowest BCUT2D eigenvalue weighted by molar-refractivity contribution is 0.0757. The van der Waals surface area contributed by atoms with Crippen molar-refractivity contribution in [2.75, 3.05) is 19.8 Å². The molecule has 15 heavy (non-hydrogen) atoms. The van der Waals surface area contributed by atoms with E-state index in [1.807, 2.05) is 0 Å². The number of aryl methyl sites for hydroxylation is 1. The highest BCUT2D eigenvalue weighted by atomic mass is 35.5. The summed E-state index contributed by atoms with van der Waals surface area (Å²) in [5, 5.41) is 3.65. The molecule has 0 aliphatic carbocycles. The first kappa shape index (κ1) is 10.9. The molecule has 2 nitrogen and oxygen atoms in total. The van der Waals surface area contributed by atoms with Crippen LogP contribution in [0.3, 0.4) is 0 Å². The lowest BCUT2D eigenvalue weighted by atomic mass is 10.0. The minimum absolute atomic E-state index is 0.133. The molecule has 1 N–H and O–H groups in total. The van der Waals surface area contributed by atoms with E-state index in [2.05, 4.69) is 5.32 Å². The van der Waals surface area contributed by atoms with Crippen LogP contribution < -0.4 is 5.32 Å². The minimum Gasteiger partial charge on any atom is -0.378 e. The second kappa shape index (κ2) is 4.47. The summed E-state index contributed by atoms with van der Waals surface area (Å²) >= 11 is 6.00. The molecule has 1 heterocycles. The van der Waals surface area contributed by atoms with Gasteiger partial charge in [0.1, 0.15) is 5.82 Å². The SMILES string of the molecule is Cc1ccc(Cl)c([C@H]2COCCN2)c1F. The van der Waals surface area contributed by atoms with Crippen molar-refractivity contribution in [1.82, 2.24) is 5.32 Å². The minimum atomic E-state index is -0.231. The van der Waals surface area contributed by atoms with Gasteiger partial charge in [0.05, 0.1) is 19.3 Å². The maximum Gasteiger partial charge on any atom is 0.132 e. The molecule has 1 saturated heterocycles. The Balaban J connectivity index is 2.36. The number of nitrogens with one attached hydrogen (secondary N) is 1. The molecule has 0 unspecified atom stereocenters. The highest BCUT2D eigenvalue weighted by Crippen LogP contribution is 2.28. The first-order valence-electron chi connectivity index (χ1n) is 4.96. The van der Waals surface area contributed by atoms with Gasteiger partial charge in [0, 0.05) is 17.1 Å². The van der Waals surface area contributed by atoms with Crippen LogP contribution in [0, 0.1) is 12.7 Å². The Morgan fingerprint density at radius 3 is 3.00 bits per heavy atom. The van der Waals surface area contributed by atoms with Crippen LogP contribution >= 0.6 is 11.6 Å². The first-order valence-corrected chi connectivity index (χ1v) is 5.33. The van der Waals surface area contributed by atoms with Crippen molar-refractivity contribution in [3.63, 3.8) is 0 Å². The predicted octanol–water partition coefficient (Wildman–Crippen LogP) is 2.45. The maximum atomic E-state index is 13.9. The van der Waals surface area contributed by atoms with Gasteiger partial charge >= 0.3 is 0 Å². The van der Waals surface area contributed by atoms with E-state index in [1.165, 1.54) is 0 Å². The fourth-order valence-electron chi connectivity index (χ4n) is 1.75. The molecule has 82 valence electrons. The van der Waals surface area contributed by atoms with Gasteiger partial charge in [0.15, 0.2) is 0 Å². The number of ether oxygens (including phenoxy) is 1. The Bertz CT molecular complexity index is 364.